The van der Waals surface area contributed by atoms with Crippen molar-refractivity contribution in [3.8, 4) is 5.75 Å². The minimum Gasteiger partial charge on any atom is -0.409 e. The van der Waals surface area contributed by atoms with Crippen LogP contribution in [0.3, 0.4) is 0 Å². The number of aromatic amines is 2. The van der Waals surface area contributed by atoms with Crippen LogP contribution in [0.1, 0.15) is 89.5 Å². The maximum Gasteiger partial charge on any atom is 0.415 e. The van der Waals surface area contributed by atoms with Gasteiger partial charge in [-0.2, -0.15) is 0 Å². The summed E-state index contributed by atoms with van der Waals surface area (Å²) in [4.78, 5) is 135. The Labute approximate surface area is 505 Å². The third kappa shape index (κ3) is 13.5. The topological polar surface area (TPSA) is 273 Å². The zero-order chi connectivity index (χ0) is 60.9. The molecular weight excluding hydrogens is 1140 g/mol. The van der Waals surface area contributed by atoms with Crippen LogP contribution in [-0.2, 0) is 35.2 Å². The number of unbranched alkanes of at least 4 members (excludes halogenated alkanes) is 2. The second kappa shape index (κ2) is 26.2. The van der Waals surface area contributed by atoms with E-state index in [0.29, 0.717) is 83.5 Å². The molecule has 0 unspecified atom stereocenters. The van der Waals surface area contributed by atoms with Gasteiger partial charge < -0.3 is 56.0 Å². The molecule has 0 radical (unpaired) electrons. The van der Waals surface area contributed by atoms with Gasteiger partial charge in [0.15, 0.2) is 5.75 Å². The highest BCUT2D eigenvalue weighted by Gasteiger charge is 2.38. The number of benzene rings is 4. The molecular formula is C63H68ClN11O10S. The van der Waals surface area contributed by atoms with Gasteiger partial charge >= 0.3 is 6.09 Å². The van der Waals surface area contributed by atoms with Gasteiger partial charge in [-0.15, -0.1) is 22.9 Å². The van der Waals surface area contributed by atoms with Crippen molar-refractivity contribution in [2.24, 2.45) is 11.7 Å². The number of nitrogens with one attached hydrogen (secondary N) is 5. The number of hydrogen-bond donors (Lipinski definition) is 6. The lowest BCUT2D eigenvalue weighted by Gasteiger charge is -2.31. The number of nitrogens with two attached hydrogens (primary N) is 1. The Bertz CT molecular complexity index is 3810. The Morgan fingerprint density at radius 1 is 0.826 bits per heavy atom. The number of anilines is 3. The number of fused-ring (bicyclic) bond motifs is 5. The number of rotatable bonds is 22. The molecule has 7 N–H and O–H groups in total. The molecule has 448 valence electrons. The van der Waals surface area contributed by atoms with E-state index in [1.54, 1.807) is 64.4 Å². The Kier molecular flexibility index (Phi) is 18.3. The Morgan fingerprint density at radius 2 is 1.52 bits per heavy atom. The number of carbonyl (C=O) groups is 9. The SMILES string of the molecule is Cc1csc2c(OC(=O)N3CCN(C)CC3)cc3c(c12)[C@@H](CCl)CN3C(=O)c1cc2cc(NC(=O)c3cc4cc(N(CC(N)=O)C(=O)[C@H](CC(C)C)NC(=O)[C@H](Cc5ccccc5)NC(=O)CCCCCN5C(=O)C=CC5=O)ccc4[nH]3)ccc2[nH]1. The summed E-state index contributed by atoms with van der Waals surface area (Å²) in [7, 11) is 2.01. The minimum atomic E-state index is -1.15. The van der Waals surface area contributed by atoms with E-state index in [9.17, 15) is 43.2 Å². The van der Waals surface area contributed by atoms with Gasteiger partial charge in [0, 0.05) is 121 Å². The van der Waals surface area contributed by atoms with Crippen LogP contribution in [0.2, 0.25) is 0 Å². The highest BCUT2D eigenvalue weighted by atomic mass is 35.5. The molecule has 3 aromatic heterocycles. The number of imide groups is 1. The van der Waals surface area contributed by atoms with Crippen LogP contribution in [0.25, 0.3) is 31.9 Å². The molecule has 0 aliphatic carbocycles. The predicted octanol–water partition coefficient (Wildman–Crippen LogP) is 7.72. The summed E-state index contributed by atoms with van der Waals surface area (Å²) in [5.41, 5.74) is 11.5. The van der Waals surface area contributed by atoms with Gasteiger partial charge in [-0.3, -0.25) is 43.3 Å². The van der Waals surface area contributed by atoms with Crippen molar-refractivity contribution in [1.29, 1.82) is 0 Å². The van der Waals surface area contributed by atoms with Gasteiger partial charge in [-0.05, 0) is 110 Å². The molecule has 0 bridgehead atoms. The Morgan fingerprint density at radius 3 is 2.23 bits per heavy atom. The average Bonchev–Trinajstić information content (AvgIpc) is 1.66. The summed E-state index contributed by atoms with van der Waals surface area (Å²) in [5.74, 6) is -3.59. The van der Waals surface area contributed by atoms with E-state index in [1.165, 1.54) is 28.4 Å². The lowest BCUT2D eigenvalue weighted by molar-refractivity contribution is -0.137. The molecule has 7 aromatic rings. The number of alkyl halides is 1. The van der Waals surface area contributed by atoms with E-state index < -0.39 is 54.3 Å². The summed E-state index contributed by atoms with van der Waals surface area (Å²) in [6, 6.07) is 22.1. The van der Waals surface area contributed by atoms with E-state index >= 15 is 0 Å². The lowest BCUT2D eigenvalue weighted by atomic mass is 9.97. The number of aromatic nitrogens is 2. The summed E-state index contributed by atoms with van der Waals surface area (Å²) >= 11 is 8.10. The lowest BCUT2D eigenvalue weighted by Crippen LogP contribution is -2.56. The number of amides is 9. The van der Waals surface area contributed by atoms with Crippen LogP contribution in [-0.4, -0.2) is 149 Å². The van der Waals surface area contributed by atoms with Crippen molar-refractivity contribution in [1.82, 2.24) is 35.3 Å². The first-order valence-corrected chi connectivity index (χ1v) is 30.1. The highest BCUT2D eigenvalue weighted by Crippen LogP contribution is 2.49. The first-order valence-electron chi connectivity index (χ1n) is 28.7. The Balaban J connectivity index is 0.819. The fourth-order valence-corrected chi connectivity index (χ4v) is 12.6. The quantitative estimate of drug-likeness (QED) is 0.0217. The molecule has 0 spiro atoms. The van der Waals surface area contributed by atoms with E-state index in [4.69, 9.17) is 22.1 Å². The third-order valence-corrected chi connectivity index (χ3v) is 17.3. The number of aryl methyl sites for hydroxylation is 1. The number of primary amides is 1. The molecule has 4 aromatic carbocycles. The summed E-state index contributed by atoms with van der Waals surface area (Å²) in [6.07, 6.45) is 3.88. The second-order valence-electron chi connectivity index (χ2n) is 22.6. The van der Waals surface area contributed by atoms with Crippen molar-refractivity contribution in [3.63, 3.8) is 0 Å². The van der Waals surface area contributed by atoms with Gasteiger partial charge in [0.05, 0.1) is 10.4 Å². The van der Waals surface area contributed by atoms with Crippen LogP contribution >= 0.6 is 22.9 Å². The fraction of sp³-hybridized carbons (Fsp3) is 0.349. The highest BCUT2D eigenvalue weighted by molar-refractivity contribution is 7.17. The first-order chi connectivity index (χ1) is 41.3. The molecule has 3 aliphatic rings. The molecule has 1 fully saturated rings. The number of ether oxygens (including phenoxy) is 1. The summed E-state index contributed by atoms with van der Waals surface area (Å²) in [5, 5.41) is 12.8. The molecule has 3 atom stereocenters. The number of carbonyl (C=O) groups excluding carboxylic acids is 9. The van der Waals surface area contributed by atoms with Crippen LogP contribution in [0.5, 0.6) is 5.75 Å². The molecule has 86 heavy (non-hydrogen) atoms. The maximum absolute atomic E-state index is 14.7. The van der Waals surface area contributed by atoms with Crippen LogP contribution in [0, 0.1) is 12.8 Å². The van der Waals surface area contributed by atoms with Crippen molar-refractivity contribution in [3.05, 3.63) is 131 Å². The van der Waals surface area contributed by atoms with E-state index in [1.807, 2.05) is 63.5 Å². The van der Waals surface area contributed by atoms with Gasteiger partial charge in [0.2, 0.25) is 23.6 Å². The van der Waals surface area contributed by atoms with Crippen LogP contribution in [0.15, 0.2) is 102 Å². The normalized spacial score (nSPS) is 15.8. The number of hydrogen-bond acceptors (Lipinski definition) is 12. The largest absolute Gasteiger partial charge is 0.415 e. The number of H-pyrrole nitrogens is 2. The molecule has 6 heterocycles. The molecule has 9 amide bonds. The number of piperazine rings is 1. The van der Waals surface area contributed by atoms with Gasteiger partial charge in [0.25, 0.3) is 23.6 Å². The fourth-order valence-electron chi connectivity index (χ4n) is 11.3. The van der Waals surface area contributed by atoms with Crippen molar-refractivity contribution < 1.29 is 47.9 Å². The maximum atomic E-state index is 14.7. The van der Waals surface area contributed by atoms with E-state index in [-0.39, 0.29) is 72.6 Å². The molecule has 1 saturated heterocycles. The van der Waals surface area contributed by atoms with E-state index in [0.717, 1.165) is 44.8 Å². The summed E-state index contributed by atoms with van der Waals surface area (Å²) < 4.78 is 6.93. The molecule has 21 nitrogen and oxygen atoms in total. The Hall–Kier alpha value is -8.86. The average molecular weight is 1210 g/mol. The zero-order valence-corrected chi connectivity index (χ0v) is 49.8. The zero-order valence-electron chi connectivity index (χ0n) is 48.2. The van der Waals surface area contributed by atoms with Crippen molar-refractivity contribution >= 4 is 125 Å². The van der Waals surface area contributed by atoms with Crippen LogP contribution < -0.4 is 36.2 Å². The van der Waals surface area contributed by atoms with Gasteiger partial charge in [-0.1, -0.05) is 50.6 Å². The van der Waals surface area contributed by atoms with Crippen molar-refractivity contribution in [2.75, 3.05) is 73.9 Å². The van der Waals surface area contributed by atoms with Crippen LogP contribution in [0.4, 0.5) is 21.9 Å². The second-order valence-corrected chi connectivity index (χ2v) is 23.8. The number of likely N-dealkylation sites (N-methyl/N-ethyl adjacent to an activating group) is 1. The molecule has 3 aliphatic heterocycles. The molecule has 0 saturated carbocycles. The number of nitrogens with zero attached hydrogens (tertiary/aromatic N) is 5. The summed E-state index contributed by atoms with van der Waals surface area (Å²) in [6.45, 7) is 8.35. The van der Waals surface area contributed by atoms with Gasteiger partial charge in [-0.25, -0.2) is 4.79 Å². The predicted molar refractivity (Wildman–Crippen MR) is 331 cm³/mol. The number of thiophene rings is 1. The monoisotopic (exact) mass is 1210 g/mol. The minimum absolute atomic E-state index is 0.0757. The standard InChI is InChI=1S/C63H68ClN11O10S/c1-36(2)25-48(70-60(81)46(26-38-11-7-5-8-12-38)69-53(77)13-9-6-10-20-73-54(78)18-19-55(73)79)61(82)74(34-52(65)76)43-15-17-45-40(28-43)29-47(67-45)59(80)66-42-14-16-44-39(27-42)30-49(68-44)62(83)75-33-41(32-64)57-50(75)31-51(58-56(57)37(3)35-86-58)85-63(84)72-23-21-71(4)22-24-72/h5,7-8,11-12,14-19,27-31,35-36,41,46,48,67-68H,6,9-10,13,20-26,32-34H2,1-4H3,(H2,65,76)(H,66,80)(H,69,77)(H,70,81)/t41-,46-,48-/m0/s1. The first kappa shape index (κ1) is 60.3. The van der Waals surface area contributed by atoms with Crippen molar-refractivity contribution in [2.45, 2.75) is 77.3 Å². The molecule has 23 heteroatoms. The number of halogens is 1. The smallest absolute Gasteiger partial charge is 0.409 e. The van der Waals surface area contributed by atoms with Gasteiger partial charge in [0.1, 0.15) is 30.0 Å². The third-order valence-electron chi connectivity index (χ3n) is 15.8. The molecule has 10 rings (SSSR count). The van der Waals surface area contributed by atoms with E-state index in [2.05, 4.69) is 30.8 Å².